The highest BCUT2D eigenvalue weighted by Gasteiger charge is 2.50. The van der Waals surface area contributed by atoms with Gasteiger partial charge in [-0.05, 0) is 51.7 Å². The number of likely N-dealkylation sites (N-methyl/N-ethyl adjacent to an activating group) is 1. The maximum Gasteiger partial charge on any atom is 0.410 e. The fourth-order valence-corrected chi connectivity index (χ4v) is 5.10. The second-order valence-electron chi connectivity index (χ2n) is 13.2. The third-order valence-electron chi connectivity index (χ3n) is 7.56. The Morgan fingerprint density at radius 1 is 1.07 bits per heavy atom. The number of ether oxygens (including phenoxy) is 2. The van der Waals surface area contributed by atoms with Gasteiger partial charge in [0.2, 0.25) is 17.6 Å². The average molecular weight is 621 g/mol. The van der Waals surface area contributed by atoms with E-state index in [0.29, 0.717) is 12.0 Å². The molecule has 1 saturated heterocycles. The molecule has 0 aromatic heterocycles. The van der Waals surface area contributed by atoms with Crippen molar-refractivity contribution in [1.82, 2.24) is 20.0 Å². The SMILES string of the molecule is CC(=O)C(=O)N1C=C(COc2ccc(F)c(F)c2)C2C1CCN2C(=O)C(NC(=O)C(C)N(C)C(=O)OC(C)(C)C)C(C)(C)C. The molecular weight excluding hydrogens is 578 g/mol. The van der Waals surface area contributed by atoms with Crippen molar-refractivity contribution in [1.29, 1.82) is 0 Å². The molecule has 242 valence electrons. The van der Waals surface area contributed by atoms with Crippen LogP contribution >= 0.6 is 0 Å². The Morgan fingerprint density at radius 3 is 2.25 bits per heavy atom. The number of Topliss-reactive ketones (excluding diaryl/α,β-unsaturated/α-hetero) is 1. The van der Waals surface area contributed by atoms with Crippen LogP contribution in [0, 0.1) is 17.0 Å². The van der Waals surface area contributed by atoms with Crippen LogP contribution in [0.25, 0.3) is 0 Å². The smallest absolute Gasteiger partial charge is 0.410 e. The van der Waals surface area contributed by atoms with Crippen molar-refractivity contribution in [3.05, 3.63) is 41.6 Å². The number of hydrogen-bond donors (Lipinski definition) is 1. The molecule has 44 heavy (non-hydrogen) atoms. The first-order chi connectivity index (χ1) is 20.2. The molecule has 2 aliphatic rings. The zero-order valence-electron chi connectivity index (χ0n) is 26.7. The van der Waals surface area contributed by atoms with Crippen LogP contribution in [0.2, 0.25) is 0 Å². The van der Waals surface area contributed by atoms with E-state index in [-0.39, 0.29) is 18.9 Å². The summed E-state index contributed by atoms with van der Waals surface area (Å²) in [6.07, 6.45) is 1.11. The molecule has 13 heteroatoms. The van der Waals surface area contributed by atoms with Crippen LogP contribution in [0.4, 0.5) is 13.6 Å². The predicted molar refractivity (Wildman–Crippen MR) is 156 cm³/mol. The van der Waals surface area contributed by atoms with E-state index < -0.39 is 76.4 Å². The van der Waals surface area contributed by atoms with Crippen LogP contribution < -0.4 is 10.1 Å². The summed E-state index contributed by atoms with van der Waals surface area (Å²) in [5.74, 6) is -4.53. The highest BCUT2D eigenvalue weighted by Crippen LogP contribution is 2.37. The van der Waals surface area contributed by atoms with E-state index in [4.69, 9.17) is 9.47 Å². The Labute approximate surface area is 256 Å². The minimum atomic E-state index is -1.10. The number of ketones is 1. The van der Waals surface area contributed by atoms with Crippen LogP contribution in [-0.4, -0.2) is 94.3 Å². The number of carbonyl (C=O) groups is 5. The number of halogens is 2. The summed E-state index contributed by atoms with van der Waals surface area (Å²) in [5, 5.41) is 2.81. The third kappa shape index (κ3) is 7.72. The second-order valence-corrected chi connectivity index (χ2v) is 13.2. The number of hydrogen-bond acceptors (Lipinski definition) is 7. The molecule has 0 aliphatic carbocycles. The van der Waals surface area contributed by atoms with Gasteiger partial charge in [-0.2, -0.15) is 0 Å². The molecule has 2 aliphatic heterocycles. The zero-order valence-corrected chi connectivity index (χ0v) is 26.7. The Morgan fingerprint density at radius 2 is 1.70 bits per heavy atom. The van der Waals surface area contributed by atoms with Crippen LogP contribution in [0.5, 0.6) is 5.75 Å². The first-order valence-corrected chi connectivity index (χ1v) is 14.4. The molecule has 1 aromatic carbocycles. The lowest BCUT2D eigenvalue weighted by molar-refractivity contribution is -0.143. The van der Waals surface area contributed by atoms with Crippen molar-refractivity contribution < 1.29 is 42.2 Å². The standard InChI is InChI=1S/C31H42F2N4O7/c1-17(35(9)29(42)44-31(6,7)8)26(39)34-25(30(3,4)5)28(41)36-13-12-23-24(36)19(15-37(23)27(40)18(2)38)16-43-20-10-11-21(32)22(33)14-20/h10-11,14-15,17,23-25H,12-13,16H2,1-9H3,(H,34,39). The van der Waals surface area contributed by atoms with Gasteiger partial charge in [-0.15, -0.1) is 0 Å². The third-order valence-corrected chi connectivity index (χ3v) is 7.56. The molecule has 0 saturated carbocycles. The van der Waals surface area contributed by atoms with Crippen molar-refractivity contribution in [3.8, 4) is 5.75 Å². The van der Waals surface area contributed by atoms with Crippen molar-refractivity contribution in [2.24, 2.45) is 5.41 Å². The highest BCUT2D eigenvalue weighted by atomic mass is 19.2. The lowest BCUT2D eigenvalue weighted by atomic mass is 9.85. The fourth-order valence-electron chi connectivity index (χ4n) is 5.10. The average Bonchev–Trinajstić information content (AvgIpc) is 3.50. The van der Waals surface area contributed by atoms with Gasteiger partial charge in [0.15, 0.2) is 11.6 Å². The Balaban J connectivity index is 1.86. The molecule has 4 atom stereocenters. The number of fused-ring (bicyclic) bond motifs is 1. The summed E-state index contributed by atoms with van der Waals surface area (Å²) in [6, 6.07) is -0.197. The maximum atomic E-state index is 14.2. The number of nitrogens with one attached hydrogen (secondary N) is 1. The molecule has 0 spiro atoms. The number of benzene rings is 1. The van der Waals surface area contributed by atoms with Gasteiger partial charge in [0.05, 0.1) is 12.1 Å². The summed E-state index contributed by atoms with van der Waals surface area (Å²) in [6.45, 7) is 13.2. The van der Waals surface area contributed by atoms with E-state index in [0.717, 1.165) is 24.0 Å². The molecule has 1 aromatic rings. The Kier molecular flexibility index (Phi) is 10.1. The molecule has 1 N–H and O–H groups in total. The highest BCUT2D eigenvalue weighted by molar-refractivity contribution is 6.35. The maximum absolute atomic E-state index is 14.2. The van der Waals surface area contributed by atoms with Gasteiger partial charge in [0.1, 0.15) is 30.0 Å². The quantitative estimate of drug-likeness (QED) is 0.442. The van der Waals surface area contributed by atoms with Gasteiger partial charge in [-0.3, -0.25) is 24.1 Å². The lowest BCUT2D eigenvalue weighted by Gasteiger charge is -2.37. The number of carbonyl (C=O) groups excluding carboxylic acids is 5. The monoisotopic (exact) mass is 620 g/mol. The minimum absolute atomic E-state index is 0.0384. The van der Waals surface area contributed by atoms with Crippen LogP contribution in [0.15, 0.2) is 30.0 Å². The van der Waals surface area contributed by atoms with Crippen molar-refractivity contribution in [2.75, 3.05) is 20.2 Å². The molecule has 0 radical (unpaired) electrons. The second kappa shape index (κ2) is 12.9. The summed E-state index contributed by atoms with van der Waals surface area (Å²) in [4.78, 5) is 68.8. The van der Waals surface area contributed by atoms with Gasteiger partial charge in [-0.1, -0.05) is 20.8 Å². The molecular formula is C31H42F2N4O7. The van der Waals surface area contributed by atoms with Crippen LogP contribution in [-0.2, 0) is 23.9 Å². The minimum Gasteiger partial charge on any atom is -0.489 e. The van der Waals surface area contributed by atoms with Crippen LogP contribution in [0.1, 0.15) is 61.8 Å². The fraction of sp³-hybridized carbons (Fsp3) is 0.581. The van der Waals surface area contributed by atoms with E-state index >= 15 is 0 Å². The number of rotatable bonds is 8. The number of nitrogens with zero attached hydrogens (tertiary/aromatic N) is 3. The lowest BCUT2D eigenvalue weighted by Crippen LogP contribution is -2.59. The van der Waals surface area contributed by atoms with Gasteiger partial charge in [0, 0.05) is 38.4 Å². The van der Waals surface area contributed by atoms with Gasteiger partial charge in [0.25, 0.3) is 5.91 Å². The van der Waals surface area contributed by atoms with E-state index in [1.54, 1.807) is 41.5 Å². The molecule has 0 bridgehead atoms. The molecule has 11 nitrogen and oxygen atoms in total. The van der Waals surface area contributed by atoms with Crippen molar-refractivity contribution in [2.45, 2.75) is 91.6 Å². The number of likely N-dealkylation sites (tertiary alicyclic amines) is 1. The summed E-state index contributed by atoms with van der Waals surface area (Å²) >= 11 is 0. The summed E-state index contributed by atoms with van der Waals surface area (Å²) < 4.78 is 38.3. The largest absolute Gasteiger partial charge is 0.489 e. The Bertz CT molecular complexity index is 1350. The molecule has 4 unspecified atom stereocenters. The van der Waals surface area contributed by atoms with Crippen LogP contribution in [0.3, 0.4) is 0 Å². The number of amides is 4. The zero-order chi connectivity index (χ0) is 33.3. The van der Waals surface area contributed by atoms with E-state index in [2.05, 4.69) is 5.32 Å². The molecule has 3 rings (SSSR count). The summed E-state index contributed by atoms with van der Waals surface area (Å²) in [5.41, 5.74) is -1.07. The Hall–Kier alpha value is -4.03. The van der Waals surface area contributed by atoms with Gasteiger partial charge >= 0.3 is 6.09 Å². The first-order valence-electron chi connectivity index (χ1n) is 14.4. The first kappa shape index (κ1) is 34.5. The topological polar surface area (TPSA) is 126 Å². The van der Waals surface area contributed by atoms with Crippen molar-refractivity contribution >= 4 is 29.6 Å². The van der Waals surface area contributed by atoms with E-state index in [1.165, 1.54) is 36.0 Å². The van der Waals surface area contributed by atoms with E-state index in [1.807, 2.05) is 0 Å². The van der Waals surface area contributed by atoms with Gasteiger partial charge < -0.3 is 24.6 Å². The summed E-state index contributed by atoms with van der Waals surface area (Å²) in [7, 11) is 1.43. The molecule has 1 fully saturated rings. The normalized spacial score (nSPS) is 19.5. The molecule has 4 amide bonds. The predicted octanol–water partition coefficient (Wildman–Crippen LogP) is 3.41. The van der Waals surface area contributed by atoms with Gasteiger partial charge in [-0.25, -0.2) is 13.6 Å². The molecule has 2 heterocycles. The van der Waals surface area contributed by atoms with Crippen molar-refractivity contribution in [3.63, 3.8) is 0 Å². The van der Waals surface area contributed by atoms with E-state index in [9.17, 15) is 32.8 Å².